The van der Waals surface area contributed by atoms with Crippen LogP contribution in [0, 0.1) is 13.8 Å². The van der Waals surface area contributed by atoms with E-state index in [1.54, 1.807) is 42.7 Å². The molecule has 0 aliphatic carbocycles. The molecule has 0 saturated carbocycles. The van der Waals surface area contributed by atoms with Crippen molar-refractivity contribution in [3.8, 4) is 0 Å². The zero-order valence-corrected chi connectivity index (χ0v) is 73.1. The van der Waals surface area contributed by atoms with Crippen LogP contribution in [0.1, 0.15) is 227 Å². The summed E-state index contributed by atoms with van der Waals surface area (Å²) >= 11 is 0. The first-order valence-corrected chi connectivity index (χ1v) is 38.6. The van der Waals surface area contributed by atoms with Crippen LogP contribution in [0.3, 0.4) is 0 Å². The predicted molar refractivity (Wildman–Crippen MR) is 482 cm³/mol. The molecular weight excluding hydrogens is 1250 g/mol. The van der Waals surface area contributed by atoms with Gasteiger partial charge in [0, 0.05) is 64.9 Å². The summed E-state index contributed by atoms with van der Waals surface area (Å²) < 4.78 is 12.8. The average Bonchev–Trinajstić information content (AvgIpc) is 0.850. The molecule has 0 fully saturated rings. The molecule has 0 N–H and O–H groups in total. The molecule has 0 atom stereocenters. The van der Waals surface area contributed by atoms with Crippen molar-refractivity contribution >= 4 is 22.8 Å². The molecule has 0 spiro atoms. The standard InChI is InChI=1S/2C20H17N.4C6H6.3C2H6O.14C2H6/c2*1-16-10-8-9-15-19(16)21-20(17-11-4-2-5-12-17)18-13-6-3-7-14-18;4*1-2-4-6-5-3-1;3*1-3-2;14*1-2/h2*2-15H,1H3;4*1-6H;3*1-2H3;14*1-2H3. The van der Waals surface area contributed by atoms with Crippen molar-refractivity contribution in [3.05, 3.63) is 349 Å². The minimum absolute atomic E-state index is 1.01. The minimum Gasteiger partial charge on any atom is -0.388 e. The molecule has 0 bridgehead atoms. The third kappa shape index (κ3) is 89.5. The maximum absolute atomic E-state index is 4.92. The molecular formula is C98H160N2O3. The molecule has 0 saturated heterocycles. The van der Waals surface area contributed by atoms with E-state index in [9.17, 15) is 0 Å². The molecule has 10 rings (SSSR count). The molecule has 0 radical (unpaired) electrons. The molecule has 0 amide bonds. The van der Waals surface area contributed by atoms with E-state index >= 15 is 0 Å². The van der Waals surface area contributed by atoms with Gasteiger partial charge in [-0.25, -0.2) is 9.98 Å². The van der Waals surface area contributed by atoms with E-state index in [2.05, 4.69) is 101 Å². The first kappa shape index (κ1) is 124. The van der Waals surface area contributed by atoms with Crippen LogP contribution >= 0.6 is 0 Å². The van der Waals surface area contributed by atoms with Crippen molar-refractivity contribution in [2.75, 3.05) is 42.7 Å². The second-order valence-corrected chi connectivity index (χ2v) is 15.8. The highest BCUT2D eigenvalue weighted by Crippen LogP contribution is 2.23. The number of nitrogens with zero attached hydrogens (tertiary/aromatic N) is 2. The van der Waals surface area contributed by atoms with Crippen LogP contribution in [0.5, 0.6) is 0 Å². The predicted octanol–water partition coefficient (Wildman–Crippen LogP) is 32.2. The van der Waals surface area contributed by atoms with Gasteiger partial charge < -0.3 is 14.2 Å². The number of para-hydroxylation sites is 2. The molecule has 0 heterocycles. The molecule has 0 aliphatic heterocycles. The second-order valence-electron chi connectivity index (χ2n) is 15.8. The summed E-state index contributed by atoms with van der Waals surface area (Å²) in [4.78, 5) is 9.83. The van der Waals surface area contributed by atoms with E-state index < -0.39 is 0 Å². The van der Waals surface area contributed by atoms with Crippen LogP contribution in [0.2, 0.25) is 0 Å². The molecule has 580 valence electrons. The topological polar surface area (TPSA) is 52.4 Å². The normalized spacial score (nSPS) is 7.34. The Morgan fingerprint density at radius 3 is 0.379 bits per heavy atom. The quantitative estimate of drug-likeness (QED) is 0.156. The summed E-state index contributed by atoms with van der Waals surface area (Å²) in [5, 5.41) is 0. The van der Waals surface area contributed by atoms with Gasteiger partial charge in [-0.05, 0) is 37.1 Å². The fraction of sp³-hybridized carbons (Fsp3) is 0.367. The maximum Gasteiger partial charge on any atom is 0.0781 e. The van der Waals surface area contributed by atoms with Crippen molar-refractivity contribution in [2.45, 2.75) is 208 Å². The maximum atomic E-state index is 4.92. The molecule has 10 aromatic carbocycles. The Bertz CT molecular complexity index is 2380. The number of hydrogen-bond donors (Lipinski definition) is 0. The van der Waals surface area contributed by atoms with Gasteiger partial charge in [0.25, 0.3) is 0 Å². The van der Waals surface area contributed by atoms with Crippen molar-refractivity contribution in [2.24, 2.45) is 9.98 Å². The number of methoxy groups -OCH3 is 3. The first-order chi connectivity index (χ1) is 50.9. The van der Waals surface area contributed by atoms with Crippen LogP contribution in [0.25, 0.3) is 0 Å². The zero-order valence-electron chi connectivity index (χ0n) is 73.1. The highest BCUT2D eigenvalue weighted by atomic mass is 16.5. The Morgan fingerprint density at radius 1 is 0.165 bits per heavy atom. The third-order valence-electron chi connectivity index (χ3n) is 9.55. The van der Waals surface area contributed by atoms with Gasteiger partial charge in [0.2, 0.25) is 0 Å². The SMILES string of the molecule is CC.CC.CC.CC.CC.CC.CC.CC.CC.CC.CC.CC.CC.CC.COC.COC.COC.Cc1ccccc1N=C(c1ccccc1)c1ccccc1.Cc1ccccc1N=C(c1ccccc1)c1ccccc1.c1ccccc1.c1ccccc1.c1ccccc1.c1ccccc1. The lowest BCUT2D eigenvalue weighted by Gasteiger charge is -2.08. The molecule has 5 nitrogen and oxygen atoms in total. The smallest absolute Gasteiger partial charge is 0.0781 e. The van der Waals surface area contributed by atoms with Gasteiger partial charge in [-0.3, -0.25) is 0 Å². The lowest BCUT2D eigenvalue weighted by Crippen LogP contribution is -2.02. The fourth-order valence-corrected chi connectivity index (χ4v) is 6.13. The van der Waals surface area contributed by atoms with Crippen LogP contribution < -0.4 is 0 Å². The number of aryl methyl sites for hydroxylation is 2. The van der Waals surface area contributed by atoms with Gasteiger partial charge in [0.15, 0.2) is 0 Å². The minimum atomic E-state index is 1.01. The highest BCUT2D eigenvalue weighted by Gasteiger charge is 2.09. The largest absolute Gasteiger partial charge is 0.388 e. The Labute approximate surface area is 642 Å². The number of rotatable bonds is 6. The van der Waals surface area contributed by atoms with E-state index in [0.29, 0.717) is 0 Å². The average molecular weight is 1410 g/mol. The van der Waals surface area contributed by atoms with Gasteiger partial charge in [-0.2, -0.15) is 0 Å². The summed E-state index contributed by atoms with van der Waals surface area (Å²) in [6, 6.07) is 106. The van der Waals surface area contributed by atoms with Crippen LogP contribution in [-0.2, 0) is 14.2 Å². The molecule has 0 aliphatic rings. The molecule has 103 heavy (non-hydrogen) atoms. The van der Waals surface area contributed by atoms with Gasteiger partial charge in [-0.15, -0.1) is 0 Å². The van der Waals surface area contributed by atoms with E-state index in [1.165, 1.54) is 11.1 Å². The van der Waals surface area contributed by atoms with Crippen molar-refractivity contribution in [1.82, 2.24) is 0 Å². The van der Waals surface area contributed by atoms with E-state index in [-0.39, 0.29) is 0 Å². The highest BCUT2D eigenvalue weighted by molar-refractivity contribution is 6.14. The van der Waals surface area contributed by atoms with Crippen LogP contribution in [0.15, 0.2) is 325 Å². The molecule has 5 heteroatoms. The first-order valence-electron chi connectivity index (χ1n) is 38.6. The zero-order chi connectivity index (χ0) is 82.1. The molecule has 10 aromatic rings. The van der Waals surface area contributed by atoms with Crippen LogP contribution in [0.4, 0.5) is 11.4 Å². The molecule has 0 aromatic heterocycles. The Morgan fingerprint density at radius 2 is 0.262 bits per heavy atom. The lowest BCUT2D eigenvalue weighted by molar-refractivity contribution is 0.277. The fourth-order valence-electron chi connectivity index (χ4n) is 6.13. The van der Waals surface area contributed by atoms with Crippen molar-refractivity contribution in [3.63, 3.8) is 0 Å². The van der Waals surface area contributed by atoms with E-state index in [4.69, 9.17) is 9.98 Å². The lowest BCUT2D eigenvalue weighted by atomic mass is 10.0. The van der Waals surface area contributed by atoms with Crippen molar-refractivity contribution in [1.29, 1.82) is 0 Å². The summed E-state index contributed by atoms with van der Waals surface area (Å²) in [6.07, 6.45) is 0. The molecule has 0 unspecified atom stereocenters. The van der Waals surface area contributed by atoms with Crippen LogP contribution in [-0.4, -0.2) is 54.1 Å². The van der Waals surface area contributed by atoms with Gasteiger partial charge in [-0.1, -0.05) is 497 Å². The summed E-state index contributed by atoms with van der Waals surface area (Å²) in [7, 11) is 9.75. The second kappa shape index (κ2) is 130. The summed E-state index contributed by atoms with van der Waals surface area (Å²) in [5.74, 6) is 0. The van der Waals surface area contributed by atoms with Crippen molar-refractivity contribution < 1.29 is 14.2 Å². The number of ether oxygens (including phenoxy) is 3. The third-order valence-corrected chi connectivity index (χ3v) is 9.55. The Hall–Kier alpha value is -8.58. The number of hydrogen-bond acceptors (Lipinski definition) is 5. The van der Waals surface area contributed by atoms with Gasteiger partial charge >= 0.3 is 0 Å². The monoisotopic (exact) mass is 1410 g/mol. The Kier molecular flexibility index (Phi) is 157. The van der Waals surface area contributed by atoms with Gasteiger partial charge in [0.1, 0.15) is 0 Å². The summed E-state index contributed by atoms with van der Waals surface area (Å²) in [5.41, 5.74) is 10.9. The van der Waals surface area contributed by atoms with Gasteiger partial charge in [0.05, 0.1) is 22.8 Å². The summed E-state index contributed by atoms with van der Waals surface area (Å²) in [6.45, 7) is 60.2. The Balaban J connectivity index is -0.0000000824. The number of benzene rings is 10. The number of aliphatic imine (C=N–C) groups is 2. The van der Waals surface area contributed by atoms with E-state index in [1.807, 2.05) is 437 Å². The van der Waals surface area contributed by atoms with E-state index in [0.717, 1.165) is 45.1 Å².